The highest BCUT2D eigenvalue weighted by Gasteiger charge is 2.22. The third-order valence-corrected chi connectivity index (χ3v) is 2.49. The fourth-order valence-electron chi connectivity index (χ4n) is 1.86. The van der Waals surface area contributed by atoms with Crippen LogP contribution in [0.25, 0.3) is 4.85 Å². The maximum Gasteiger partial charge on any atom is 0.249 e. The monoisotopic (exact) mass is 157 g/mol. The average molecular weight is 157 g/mol. The smallest absolute Gasteiger partial charge is 0.249 e. The van der Waals surface area contributed by atoms with E-state index in [-0.39, 0.29) is 6.04 Å². The van der Waals surface area contributed by atoms with Gasteiger partial charge in [0.25, 0.3) is 0 Å². The summed E-state index contributed by atoms with van der Waals surface area (Å²) in [5, 5.41) is 0. The first-order valence-corrected chi connectivity index (χ1v) is 4.36. The van der Waals surface area contributed by atoms with Crippen molar-refractivity contribution >= 4 is 0 Å². The summed E-state index contributed by atoms with van der Waals surface area (Å²) in [5.74, 6) is 0. The van der Waals surface area contributed by atoms with Gasteiger partial charge in [0, 0.05) is 12.0 Å². The third-order valence-electron chi connectivity index (χ3n) is 2.49. The number of rotatable bonds is 0. The summed E-state index contributed by atoms with van der Waals surface area (Å²) in [7, 11) is 0. The van der Waals surface area contributed by atoms with E-state index in [0.717, 1.165) is 12.8 Å². The van der Waals surface area contributed by atoms with Gasteiger partial charge in [0.15, 0.2) is 0 Å². The van der Waals surface area contributed by atoms with Crippen LogP contribution in [0.1, 0.15) is 30.0 Å². The summed E-state index contributed by atoms with van der Waals surface area (Å²) < 4.78 is 0. The van der Waals surface area contributed by atoms with Gasteiger partial charge in [0.1, 0.15) is 0 Å². The minimum absolute atomic E-state index is 0.134. The number of aryl methyl sites for hydroxylation is 1. The molecule has 60 valence electrons. The third kappa shape index (κ3) is 1.10. The molecule has 0 saturated heterocycles. The van der Waals surface area contributed by atoms with Crippen molar-refractivity contribution in [2.75, 3.05) is 0 Å². The van der Waals surface area contributed by atoms with Crippen LogP contribution in [0.2, 0.25) is 0 Å². The lowest BCUT2D eigenvalue weighted by atomic mass is 9.88. The summed E-state index contributed by atoms with van der Waals surface area (Å²) in [6.07, 6.45) is 3.37. The standard InChI is InChI=1S/C11H11N/c1-12-11-8-4-6-9-5-2-3-7-10(9)11/h2-3,5,7,11H,4,6,8H2. The van der Waals surface area contributed by atoms with Gasteiger partial charge < -0.3 is 4.85 Å². The normalized spacial score (nSPS) is 21.1. The van der Waals surface area contributed by atoms with Crippen LogP contribution < -0.4 is 0 Å². The van der Waals surface area contributed by atoms with E-state index in [4.69, 9.17) is 6.57 Å². The van der Waals surface area contributed by atoms with Gasteiger partial charge in [-0.05, 0) is 18.4 Å². The molecule has 0 fully saturated rings. The summed E-state index contributed by atoms with van der Waals surface area (Å²) in [5.41, 5.74) is 2.64. The first-order chi connectivity index (χ1) is 5.92. The molecule has 1 atom stereocenters. The van der Waals surface area contributed by atoms with E-state index >= 15 is 0 Å². The number of benzene rings is 1. The second-order valence-electron chi connectivity index (χ2n) is 3.24. The maximum atomic E-state index is 7.05. The number of hydrogen-bond acceptors (Lipinski definition) is 0. The van der Waals surface area contributed by atoms with Crippen molar-refractivity contribution in [3.63, 3.8) is 0 Å². The molecule has 0 aromatic heterocycles. The average Bonchev–Trinajstić information content (AvgIpc) is 2.17. The largest absolute Gasteiger partial charge is 0.308 e. The first-order valence-electron chi connectivity index (χ1n) is 4.36. The molecule has 1 nitrogen and oxygen atoms in total. The highest BCUT2D eigenvalue weighted by Crippen LogP contribution is 2.31. The molecule has 0 heterocycles. The molecule has 0 amide bonds. The van der Waals surface area contributed by atoms with Crippen LogP contribution in [-0.4, -0.2) is 0 Å². The van der Waals surface area contributed by atoms with E-state index in [9.17, 15) is 0 Å². The summed E-state index contributed by atoms with van der Waals surface area (Å²) in [6, 6.07) is 8.46. The van der Waals surface area contributed by atoms with Crippen molar-refractivity contribution in [2.45, 2.75) is 25.3 Å². The van der Waals surface area contributed by atoms with Crippen molar-refractivity contribution in [3.8, 4) is 0 Å². The maximum absolute atomic E-state index is 7.05. The van der Waals surface area contributed by atoms with Crippen molar-refractivity contribution in [2.24, 2.45) is 0 Å². The molecule has 1 heteroatoms. The highest BCUT2D eigenvalue weighted by molar-refractivity contribution is 5.33. The van der Waals surface area contributed by atoms with Gasteiger partial charge in [0.05, 0.1) is 0 Å². The molecule has 0 radical (unpaired) electrons. The van der Waals surface area contributed by atoms with Crippen LogP contribution in [0.5, 0.6) is 0 Å². The van der Waals surface area contributed by atoms with Crippen LogP contribution in [0.4, 0.5) is 0 Å². The predicted molar refractivity (Wildman–Crippen MR) is 48.7 cm³/mol. The van der Waals surface area contributed by atoms with Crippen LogP contribution >= 0.6 is 0 Å². The molecule has 0 saturated carbocycles. The molecule has 1 unspecified atom stereocenters. The zero-order chi connectivity index (χ0) is 8.39. The van der Waals surface area contributed by atoms with Crippen LogP contribution in [-0.2, 0) is 6.42 Å². The van der Waals surface area contributed by atoms with E-state index in [1.165, 1.54) is 17.5 Å². The van der Waals surface area contributed by atoms with E-state index in [1.54, 1.807) is 0 Å². The zero-order valence-corrected chi connectivity index (χ0v) is 6.96. The van der Waals surface area contributed by atoms with Gasteiger partial charge in [0.2, 0.25) is 6.04 Å². The number of nitrogens with zero attached hydrogens (tertiary/aromatic N) is 1. The van der Waals surface area contributed by atoms with Gasteiger partial charge in [-0.2, -0.15) is 0 Å². The summed E-state index contributed by atoms with van der Waals surface area (Å²) in [6.45, 7) is 7.05. The van der Waals surface area contributed by atoms with Crippen LogP contribution in [0.3, 0.4) is 0 Å². The molecule has 1 aliphatic carbocycles. The van der Waals surface area contributed by atoms with Gasteiger partial charge >= 0.3 is 0 Å². The van der Waals surface area contributed by atoms with Crippen molar-refractivity contribution in [3.05, 3.63) is 46.8 Å². The van der Waals surface area contributed by atoms with Gasteiger partial charge in [-0.1, -0.05) is 24.3 Å². The molecule has 12 heavy (non-hydrogen) atoms. The molecule has 1 aromatic rings. The molecule has 0 bridgehead atoms. The quantitative estimate of drug-likeness (QED) is 0.510. The lowest BCUT2D eigenvalue weighted by molar-refractivity contribution is 0.626. The van der Waals surface area contributed by atoms with Crippen molar-refractivity contribution in [1.29, 1.82) is 0 Å². The molecule has 2 rings (SSSR count). The van der Waals surface area contributed by atoms with Crippen molar-refractivity contribution < 1.29 is 0 Å². The Balaban J connectivity index is 2.45. The minimum Gasteiger partial charge on any atom is -0.308 e. The summed E-state index contributed by atoms with van der Waals surface area (Å²) in [4.78, 5) is 3.64. The Morgan fingerprint density at radius 3 is 3.00 bits per heavy atom. The molecular weight excluding hydrogens is 146 g/mol. The molecule has 0 aliphatic heterocycles. The zero-order valence-electron chi connectivity index (χ0n) is 6.96. The van der Waals surface area contributed by atoms with Gasteiger partial charge in [-0.3, -0.25) is 0 Å². The topological polar surface area (TPSA) is 4.36 Å². The van der Waals surface area contributed by atoms with E-state index in [1.807, 2.05) is 6.07 Å². The Kier molecular flexibility index (Phi) is 1.83. The lowest BCUT2D eigenvalue weighted by Gasteiger charge is -2.16. The van der Waals surface area contributed by atoms with E-state index in [2.05, 4.69) is 23.0 Å². The molecular formula is C11H11N. The predicted octanol–water partition coefficient (Wildman–Crippen LogP) is 2.98. The Hall–Kier alpha value is -1.29. The van der Waals surface area contributed by atoms with E-state index in [0.29, 0.717) is 0 Å². The molecule has 0 spiro atoms. The Morgan fingerprint density at radius 2 is 2.17 bits per heavy atom. The number of hydrogen-bond donors (Lipinski definition) is 0. The lowest BCUT2D eigenvalue weighted by Crippen LogP contribution is -2.05. The SMILES string of the molecule is [C-]#[N+]C1CCCc2ccccc21. The van der Waals surface area contributed by atoms with Crippen molar-refractivity contribution in [1.82, 2.24) is 0 Å². The number of fused-ring (bicyclic) bond motifs is 1. The van der Waals surface area contributed by atoms with Gasteiger partial charge in [-0.15, -0.1) is 0 Å². The Bertz CT molecular complexity index is 322. The fourth-order valence-corrected chi connectivity index (χ4v) is 1.86. The fraction of sp³-hybridized carbons (Fsp3) is 0.364. The second-order valence-corrected chi connectivity index (χ2v) is 3.24. The molecule has 1 aliphatic rings. The highest BCUT2D eigenvalue weighted by atomic mass is 14.7. The molecule has 0 N–H and O–H groups in total. The molecule has 1 aromatic carbocycles. The first kappa shape index (κ1) is 7.36. The van der Waals surface area contributed by atoms with E-state index < -0.39 is 0 Å². The second kappa shape index (κ2) is 2.98. The van der Waals surface area contributed by atoms with Gasteiger partial charge in [-0.25, -0.2) is 6.57 Å². The Labute approximate surface area is 72.9 Å². The minimum atomic E-state index is 0.134. The van der Waals surface area contributed by atoms with Crippen LogP contribution in [0.15, 0.2) is 24.3 Å². The van der Waals surface area contributed by atoms with Crippen LogP contribution in [0, 0.1) is 6.57 Å². The Morgan fingerprint density at radius 1 is 1.33 bits per heavy atom. The summed E-state index contributed by atoms with van der Waals surface area (Å²) >= 11 is 0.